The molecule has 0 saturated carbocycles. The van der Waals surface area contributed by atoms with Crippen molar-refractivity contribution in [3.05, 3.63) is 0 Å². The number of urea groups is 1. The highest BCUT2D eigenvalue weighted by Crippen LogP contribution is 2.20. The largest absolute Gasteiger partial charge is 0.481 e. The Hall–Kier alpha value is -1.26. The number of likely N-dealkylation sites (tertiary alicyclic amines) is 1. The van der Waals surface area contributed by atoms with Gasteiger partial charge in [-0.3, -0.25) is 4.79 Å². The average molecular weight is 270 g/mol. The number of nitrogens with one attached hydrogen (secondary N) is 1. The topological polar surface area (TPSA) is 69.6 Å². The standard InChI is InChI=1S/C14H26N2O3/c1-4-11-5-7-16(8-6-11)14(19)15-12(10(2)3)9-13(17)18/h10-12H,4-9H2,1-3H3,(H,15,19)(H,17,18). The van der Waals surface area contributed by atoms with Crippen molar-refractivity contribution in [2.75, 3.05) is 13.1 Å². The van der Waals surface area contributed by atoms with E-state index in [1.54, 1.807) is 0 Å². The Morgan fingerprint density at radius 3 is 2.32 bits per heavy atom. The fraction of sp³-hybridized carbons (Fsp3) is 0.857. The minimum absolute atomic E-state index is 0.0190. The molecule has 1 unspecified atom stereocenters. The van der Waals surface area contributed by atoms with Gasteiger partial charge in [0, 0.05) is 19.1 Å². The van der Waals surface area contributed by atoms with Gasteiger partial charge in [0.15, 0.2) is 0 Å². The lowest BCUT2D eigenvalue weighted by Crippen LogP contribution is -2.49. The van der Waals surface area contributed by atoms with Gasteiger partial charge in [-0.1, -0.05) is 27.2 Å². The lowest BCUT2D eigenvalue weighted by molar-refractivity contribution is -0.137. The fourth-order valence-electron chi connectivity index (χ4n) is 2.44. The Morgan fingerprint density at radius 2 is 1.89 bits per heavy atom. The second-order valence-electron chi connectivity index (χ2n) is 5.74. The summed E-state index contributed by atoms with van der Waals surface area (Å²) in [7, 11) is 0. The molecule has 1 atom stereocenters. The SMILES string of the molecule is CCC1CCN(C(=O)NC(CC(=O)O)C(C)C)CC1. The molecule has 1 saturated heterocycles. The summed E-state index contributed by atoms with van der Waals surface area (Å²) in [5.74, 6) is -0.0270. The van der Waals surface area contributed by atoms with Crippen LogP contribution in [0.2, 0.25) is 0 Å². The van der Waals surface area contributed by atoms with Crippen molar-refractivity contribution < 1.29 is 14.7 Å². The number of hydrogen-bond donors (Lipinski definition) is 2. The van der Waals surface area contributed by atoms with Crippen molar-refractivity contribution in [1.29, 1.82) is 0 Å². The van der Waals surface area contributed by atoms with Gasteiger partial charge in [-0.25, -0.2) is 4.79 Å². The highest BCUT2D eigenvalue weighted by molar-refractivity contribution is 5.76. The zero-order valence-corrected chi connectivity index (χ0v) is 12.2. The lowest BCUT2D eigenvalue weighted by atomic mass is 9.94. The van der Waals surface area contributed by atoms with Crippen LogP contribution in [0.4, 0.5) is 4.79 Å². The summed E-state index contributed by atoms with van der Waals surface area (Å²) < 4.78 is 0. The minimum atomic E-state index is -0.872. The van der Waals surface area contributed by atoms with Gasteiger partial charge in [0.1, 0.15) is 0 Å². The van der Waals surface area contributed by atoms with Crippen molar-refractivity contribution in [3.8, 4) is 0 Å². The Kier molecular flexibility index (Phi) is 6.12. The molecule has 1 aliphatic heterocycles. The van der Waals surface area contributed by atoms with E-state index in [1.165, 1.54) is 6.42 Å². The molecule has 1 heterocycles. The molecular formula is C14H26N2O3. The van der Waals surface area contributed by atoms with Crippen LogP contribution in [0.25, 0.3) is 0 Å². The molecular weight excluding hydrogens is 244 g/mol. The van der Waals surface area contributed by atoms with Gasteiger partial charge in [0.25, 0.3) is 0 Å². The first-order chi connectivity index (χ1) is 8.93. The molecule has 1 rings (SSSR count). The third-order valence-electron chi connectivity index (χ3n) is 3.99. The molecule has 1 aliphatic rings. The third kappa shape index (κ3) is 5.09. The van der Waals surface area contributed by atoms with Crippen LogP contribution in [-0.4, -0.2) is 41.1 Å². The van der Waals surface area contributed by atoms with Gasteiger partial charge in [-0.05, 0) is 24.7 Å². The summed E-state index contributed by atoms with van der Waals surface area (Å²) in [5.41, 5.74) is 0. The molecule has 5 nitrogen and oxygen atoms in total. The molecule has 2 N–H and O–H groups in total. The van der Waals surface area contributed by atoms with Crippen molar-refractivity contribution in [1.82, 2.24) is 10.2 Å². The van der Waals surface area contributed by atoms with E-state index in [2.05, 4.69) is 12.2 Å². The monoisotopic (exact) mass is 270 g/mol. The predicted octanol–water partition coefficient (Wildman–Crippen LogP) is 2.32. The normalized spacial score (nSPS) is 18.4. The van der Waals surface area contributed by atoms with Crippen LogP contribution < -0.4 is 5.32 Å². The first-order valence-electron chi connectivity index (χ1n) is 7.21. The van der Waals surface area contributed by atoms with Crippen molar-refractivity contribution >= 4 is 12.0 Å². The zero-order valence-electron chi connectivity index (χ0n) is 12.2. The van der Waals surface area contributed by atoms with Crippen LogP contribution in [-0.2, 0) is 4.79 Å². The number of nitrogens with zero attached hydrogens (tertiary/aromatic N) is 1. The number of carbonyl (C=O) groups is 2. The fourth-order valence-corrected chi connectivity index (χ4v) is 2.44. The van der Waals surface area contributed by atoms with E-state index in [4.69, 9.17) is 5.11 Å². The van der Waals surface area contributed by atoms with Crippen LogP contribution in [0.5, 0.6) is 0 Å². The Bertz CT molecular complexity index is 310. The van der Waals surface area contributed by atoms with Crippen LogP contribution in [0.1, 0.15) is 46.5 Å². The highest BCUT2D eigenvalue weighted by atomic mass is 16.4. The summed E-state index contributed by atoms with van der Waals surface area (Å²) in [4.78, 5) is 24.7. The van der Waals surface area contributed by atoms with E-state index in [0.29, 0.717) is 0 Å². The molecule has 1 fully saturated rings. The molecule has 0 aromatic carbocycles. The summed E-state index contributed by atoms with van der Waals surface area (Å²) in [5, 5.41) is 11.7. The Labute approximate surface area is 115 Å². The van der Waals surface area contributed by atoms with E-state index in [-0.39, 0.29) is 24.4 Å². The summed E-state index contributed by atoms with van der Waals surface area (Å²) in [6.45, 7) is 7.60. The maximum atomic E-state index is 12.1. The number of carboxylic acids is 1. The third-order valence-corrected chi connectivity index (χ3v) is 3.99. The van der Waals surface area contributed by atoms with Gasteiger partial charge in [0.2, 0.25) is 0 Å². The van der Waals surface area contributed by atoms with E-state index in [1.807, 2.05) is 18.7 Å². The molecule has 0 aliphatic carbocycles. The van der Waals surface area contributed by atoms with E-state index < -0.39 is 5.97 Å². The van der Waals surface area contributed by atoms with E-state index >= 15 is 0 Å². The van der Waals surface area contributed by atoms with Crippen LogP contribution in [0, 0.1) is 11.8 Å². The summed E-state index contributed by atoms with van der Waals surface area (Å²) >= 11 is 0. The molecule has 0 spiro atoms. The van der Waals surface area contributed by atoms with E-state index in [0.717, 1.165) is 31.8 Å². The Morgan fingerprint density at radius 1 is 1.32 bits per heavy atom. The number of piperidine rings is 1. The van der Waals surface area contributed by atoms with Gasteiger partial charge >= 0.3 is 12.0 Å². The molecule has 0 radical (unpaired) electrons. The summed E-state index contributed by atoms with van der Waals surface area (Å²) in [6, 6.07) is -0.414. The van der Waals surface area contributed by atoms with Gasteiger partial charge < -0.3 is 15.3 Å². The van der Waals surface area contributed by atoms with Crippen LogP contribution in [0.3, 0.4) is 0 Å². The predicted molar refractivity (Wildman–Crippen MR) is 74.0 cm³/mol. The average Bonchev–Trinajstić information content (AvgIpc) is 2.37. The second kappa shape index (κ2) is 7.36. The van der Waals surface area contributed by atoms with Gasteiger partial charge in [-0.15, -0.1) is 0 Å². The molecule has 110 valence electrons. The quantitative estimate of drug-likeness (QED) is 0.805. The second-order valence-corrected chi connectivity index (χ2v) is 5.74. The van der Waals surface area contributed by atoms with Crippen molar-refractivity contribution in [2.24, 2.45) is 11.8 Å². The van der Waals surface area contributed by atoms with Crippen LogP contribution in [0.15, 0.2) is 0 Å². The van der Waals surface area contributed by atoms with Gasteiger partial charge in [-0.2, -0.15) is 0 Å². The van der Waals surface area contributed by atoms with Crippen LogP contribution >= 0.6 is 0 Å². The molecule has 0 bridgehead atoms. The van der Waals surface area contributed by atoms with Gasteiger partial charge in [0.05, 0.1) is 6.42 Å². The number of carboxylic acid groups (broad SMARTS) is 1. The number of hydrogen-bond acceptors (Lipinski definition) is 2. The minimum Gasteiger partial charge on any atom is -0.481 e. The summed E-state index contributed by atoms with van der Waals surface area (Å²) in [6.07, 6.45) is 3.25. The lowest BCUT2D eigenvalue weighted by Gasteiger charge is -2.33. The number of amides is 2. The highest BCUT2D eigenvalue weighted by Gasteiger charge is 2.25. The van der Waals surface area contributed by atoms with E-state index in [9.17, 15) is 9.59 Å². The number of carbonyl (C=O) groups excluding carboxylic acids is 1. The molecule has 0 aromatic heterocycles. The number of aliphatic carboxylic acids is 1. The molecule has 0 aromatic rings. The molecule has 19 heavy (non-hydrogen) atoms. The molecule has 2 amide bonds. The number of rotatable bonds is 5. The molecule has 5 heteroatoms. The van der Waals surface area contributed by atoms with Crippen molar-refractivity contribution in [3.63, 3.8) is 0 Å². The smallest absolute Gasteiger partial charge is 0.317 e. The Balaban J connectivity index is 2.46. The van der Waals surface area contributed by atoms with Crippen molar-refractivity contribution in [2.45, 2.75) is 52.5 Å². The maximum Gasteiger partial charge on any atom is 0.317 e. The maximum absolute atomic E-state index is 12.1. The first-order valence-corrected chi connectivity index (χ1v) is 7.21. The zero-order chi connectivity index (χ0) is 14.4. The first kappa shape index (κ1) is 15.8.